The molecule has 3 nitrogen and oxygen atoms in total. The van der Waals surface area contributed by atoms with Crippen LogP contribution in [0, 0.1) is 5.41 Å². The lowest BCUT2D eigenvalue weighted by Crippen LogP contribution is -2.31. The molecule has 0 saturated carbocycles. The smallest absolute Gasteiger partial charge is 0.237 e. The van der Waals surface area contributed by atoms with Crippen LogP contribution in [0.25, 0.3) is 0 Å². The number of imidazole rings is 1. The third-order valence-electron chi connectivity index (χ3n) is 2.84. The average molecular weight is 194 g/mol. The monoisotopic (exact) mass is 194 g/mol. The van der Waals surface area contributed by atoms with Gasteiger partial charge < -0.3 is 0 Å². The highest BCUT2D eigenvalue weighted by Crippen LogP contribution is 2.29. The zero-order valence-electron chi connectivity index (χ0n) is 9.16. The van der Waals surface area contributed by atoms with Gasteiger partial charge in [0.2, 0.25) is 5.91 Å². The first-order chi connectivity index (χ1) is 6.64. The molecule has 0 saturated heterocycles. The molecule has 1 rings (SSSR count). The zero-order chi connectivity index (χ0) is 10.6. The number of hydrogen-bond acceptors (Lipinski definition) is 2. The Kier molecular flexibility index (Phi) is 3.44. The van der Waals surface area contributed by atoms with E-state index in [9.17, 15) is 4.79 Å². The van der Waals surface area contributed by atoms with Crippen LogP contribution in [0.4, 0.5) is 0 Å². The van der Waals surface area contributed by atoms with Crippen LogP contribution in [-0.4, -0.2) is 15.5 Å². The van der Waals surface area contributed by atoms with E-state index in [4.69, 9.17) is 0 Å². The first-order valence-corrected chi connectivity index (χ1v) is 5.17. The fourth-order valence-corrected chi connectivity index (χ4v) is 1.68. The van der Waals surface area contributed by atoms with Crippen molar-refractivity contribution in [1.82, 2.24) is 9.55 Å². The van der Waals surface area contributed by atoms with Crippen LogP contribution >= 0.6 is 0 Å². The third kappa shape index (κ3) is 2.03. The number of hydrogen-bond donors (Lipinski definition) is 0. The van der Waals surface area contributed by atoms with E-state index in [0.717, 1.165) is 19.3 Å². The van der Waals surface area contributed by atoms with Crippen molar-refractivity contribution in [2.24, 2.45) is 5.41 Å². The highest BCUT2D eigenvalue weighted by Gasteiger charge is 2.30. The van der Waals surface area contributed by atoms with E-state index >= 15 is 0 Å². The fraction of sp³-hybridized carbons (Fsp3) is 0.636. The van der Waals surface area contributed by atoms with Crippen LogP contribution in [0.5, 0.6) is 0 Å². The molecule has 14 heavy (non-hydrogen) atoms. The molecule has 0 aliphatic rings. The number of nitrogens with zero attached hydrogens (tertiary/aromatic N) is 2. The summed E-state index contributed by atoms with van der Waals surface area (Å²) in [4.78, 5) is 16.0. The van der Waals surface area contributed by atoms with Crippen LogP contribution < -0.4 is 0 Å². The quantitative estimate of drug-likeness (QED) is 0.738. The second-order valence-corrected chi connectivity index (χ2v) is 3.94. The second kappa shape index (κ2) is 4.40. The summed E-state index contributed by atoms with van der Waals surface area (Å²) in [6.45, 7) is 6.19. The van der Waals surface area contributed by atoms with Gasteiger partial charge in [0.15, 0.2) is 0 Å². The van der Waals surface area contributed by atoms with Crippen molar-refractivity contribution < 1.29 is 4.79 Å². The Labute approximate surface area is 85.2 Å². The summed E-state index contributed by atoms with van der Waals surface area (Å²) in [5, 5.41) is 0. The lowest BCUT2D eigenvalue weighted by atomic mass is 9.82. The molecule has 3 heteroatoms. The van der Waals surface area contributed by atoms with Crippen molar-refractivity contribution in [3.8, 4) is 0 Å². The summed E-state index contributed by atoms with van der Waals surface area (Å²) < 4.78 is 1.58. The fourth-order valence-electron chi connectivity index (χ4n) is 1.68. The molecule has 0 N–H and O–H groups in total. The average Bonchev–Trinajstić information content (AvgIpc) is 2.69. The lowest BCUT2D eigenvalue weighted by molar-refractivity contribution is 0.0697. The van der Waals surface area contributed by atoms with E-state index in [-0.39, 0.29) is 11.3 Å². The van der Waals surface area contributed by atoms with Gasteiger partial charge in [0.05, 0.1) is 0 Å². The Morgan fingerprint density at radius 3 is 2.64 bits per heavy atom. The standard InChI is InChI=1S/C11H18N2O/c1-4-6-11(3,5-2)10(14)13-8-7-12-9-13/h7-9H,4-6H2,1-3H3. The molecule has 0 spiro atoms. The maximum absolute atomic E-state index is 12.1. The van der Waals surface area contributed by atoms with Crippen LogP contribution in [0.3, 0.4) is 0 Å². The van der Waals surface area contributed by atoms with Gasteiger partial charge in [-0.05, 0) is 12.8 Å². The number of carbonyl (C=O) groups is 1. The molecule has 1 heterocycles. The first-order valence-electron chi connectivity index (χ1n) is 5.17. The number of rotatable bonds is 4. The van der Waals surface area contributed by atoms with Crippen molar-refractivity contribution in [1.29, 1.82) is 0 Å². The molecular weight excluding hydrogens is 176 g/mol. The van der Waals surface area contributed by atoms with E-state index in [1.165, 1.54) is 0 Å². The van der Waals surface area contributed by atoms with E-state index in [1.54, 1.807) is 23.3 Å². The van der Waals surface area contributed by atoms with Crippen molar-refractivity contribution in [3.63, 3.8) is 0 Å². The lowest BCUT2D eigenvalue weighted by Gasteiger charge is -2.25. The summed E-state index contributed by atoms with van der Waals surface area (Å²) >= 11 is 0. The van der Waals surface area contributed by atoms with Crippen LogP contribution in [0.2, 0.25) is 0 Å². The molecule has 1 atom stereocenters. The van der Waals surface area contributed by atoms with E-state index in [2.05, 4.69) is 18.8 Å². The Morgan fingerprint density at radius 2 is 2.21 bits per heavy atom. The van der Waals surface area contributed by atoms with Gasteiger partial charge >= 0.3 is 0 Å². The van der Waals surface area contributed by atoms with Gasteiger partial charge in [-0.2, -0.15) is 0 Å². The molecular formula is C11H18N2O. The predicted octanol–water partition coefficient (Wildman–Crippen LogP) is 2.74. The highest BCUT2D eigenvalue weighted by atomic mass is 16.2. The molecule has 1 aromatic heterocycles. The second-order valence-electron chi connectivity index (χ2n) is 3.94. The SMILES string of the molecule is CCCC(C)(CC)C(=O)n1ccnc1. The van der Waals surface area contributed by atoms with Crippen molar-refractivity contribution >= 4 is 5.91 Å². The third-order valence-corrected chi connectivity index (χ3v) is 2.84. The Balaban J connectivity index is 2.85. The Hall–Kier alpha value is -1.12. The predicted molar refractivity (Wildman–Crippen MR) is 56.2 cm³/mol. The topological polar surface area (TPSA) is 34.9 Å². The Bertz CT molecular complexity index is 292. The van der Waals surface area contributed by atoms with Gasteiger partial charge in [0.1, 0.15) is 6.33 Å². The van der Waals surface area contributed by atoms with Gasteiger partial charge in [-0.15, -0.1) is 0 Å². The van der Waals surface area contributed by atoms with E-state index in [0.29, 0.717) is 0 Å². The molecule has 1 aromatic rings. The maximum Gasteiger partial charge on any atom is 0.237 e. The van der Waals surface area contributed by atoms with Crippen molar-refractivity contribution in [2.75, 3.05) is 0 Å². The minimum Gasteiger partial charge on any atom is -0.276 e. The Morgan fingerprint density at radius 1 is 1.50 bits per heavy atom. The summed E-state index contributed by atoms with van der Waals surface area (Å²) in [6.07, 6.45) is 7.76. The molecule has 1 unspecified atom stereocenters. The zero-order valence-corrected chi connectivity index (χ0v) is 9.16. The highest BCUT2D eigenvalue weighted by molar-refractivity contribution is 5.84. The first kappa shape index (κ1) is 11.0. The largest absolute Gasteiger partial charge is 0.276 e. The van der Waals surface area contributed by atoms with Crippen LogP contribution in [-0.2, 0) is 0 Å². The normalized spacial score (nSPS) is 15.1. The van der Waals surface area contributed by atoms with E-state index in [1.807, 2.05) is 6.92 Å². The van der Waals surface area contributed by atoms with E-state index < -0.39 is 0 Å². The van der Waals surface area contributed by atoms with Crippen LogP contribution in [0.1, 0.15) is 44.8 Å². The molecule has 78 valence electrons. The molecule has 0 fully saturated rings. The molecule has 0 aromatic carbocycles. The summed E-state index contributed by atoms with van der Waals surface area (Å²) in [7, 11) is 0. The molecule has 0 bridgehead atoms. The van der Waals surface area contributed by atoms with Gasteiger partial charge in [-0.1, -0.05) is 27.2 Å². The molecule has 0 aliphatic heterocycles. The summed E-state index contributed by atoms with van der Waals surface area (Å²) in [5.74, 6) is 0.152. The number of carbonyl (C=O) groups excluding carboxylic acids is 1. The maximum atomic E-state index is 12.1. The summed E-state index contributed by atoms with van der Waals surface area (Å²) in [5.41, 5.74) is -0.241. The molecule has 0 aliphatic carbocycles. The van der Waals surface area contributed by atoms with Gasteiger partial charge in [0.25, 0.3) is 0 Å². The summed E-state index contributed by atoms with van der Waals surface area (Å²) in [6, 6.07) is 0. The molecule has 0 radical (unpaired) electrons. The minimum atomic E-state index is -0.241. The van der Waals surface area contributed by atoms with Crippen molar-refractivity contribution in [2.45, 2.75) is 40.0 Å². The van der Waals surface area contributed by atoms with Gasteiger partial charge in [-0.25, -0.2) is 4.98 Å². The minimum absolute atomic E-state index is 0.152. The van der Waals surface area contributed by atoms with Gasteiger partial charge in [0, 0.05) is 17.8 Å². The van der Waals surface area contributed by atoms with Crippen LogP contribution in [0.15, 0.2) is 18.7 Å². The van der Waals surface area contributed by atoms with Gasteiger partial charge in [-0.3, -0.25) is 9.36 Å². The number of aromatic nitrogens is 2. The molecule has 0 amide bonds. The van der Waals surface area contributed by atoms with Crippen molar-refractivity contribution in [3.05, 3.63) is 18.7 Å².